The lowest BCUT2D eigenvalue weighted by Gasteiger charge is -2.13. The van der Waals surface area contributed by atoms with Crippen molar-refractivity contribution in [1.29, 1.82) is 0 Å². The number of carbonyl (C=O) groups excluding carboxylic acids is 1. The van der Waals surface area contributed by atoms with Crippen molar-refractivity contribution in [3.63, 3.8) is 0 Å². The van der Waals surface area contributed by atoms with Crippen molar-refractivity contribution in [2.75, 3.05) is 6.61 Å². The van der Waals surface area contributed by atoms with E-state index in [1.54, 1.807) is 0 Å². The predicted molar refractivity (Wildman–Crippen MR) is 44.7 cm³/mol. The third-order valence-corrected chi connectivity index (χ3v) is 1.29. The van der Waals surface area contributed by atoms with Crippen LogP contribution < -0.4 is 11.5 Å². The van der Waals surface area contributed by atoms with Crippen LogP contribution in [0.15, 0.2) is 12.7 Å². The molecule has 0 aromatic heterocycles. The monoisotopic (exact) mass is 188 g/mol. The highest BCUT2D eigenvalue weighted by Gasteiger charge is 2.27. The van der Waals surface area contributed by atoms with Crippen LogP contribution in [-0.4, -0.2) is 35.7 Å². The fourth-order valence-electron chi connectivity index (χ4n) is 0.537. The third-order valence-electron chi connectivity index (χ3n) is 1.29. The van der Waals surface area contributed by atoms with Gasteiger partial charge in [0.15, 0.2) is 0 Å². The minimum Gasteiger partial charge on any atom is -0.480 e. The van der Waals surface area contributed by atoms with Crippen molar-refractivity contribution in [3.8, 4) is 0 Å². The molecule has 13 heavy (non-hydrogen) atoms. The first-order valence-electron chi connectivity index (χ1n) is 3.52. The first kappa shape index (κ1) is 11.6. The van der Waals surface area contributed by atoms with Crippen LogP contribution in [-0.2, 0) is 14.3 Å². The van der Waals surface area contributed by atoms with E-state index in [-0.39, 0.29) is 6.61 Å². The van der Waals surface area contributed by atoms with Gasteiger partial charge in [0.25, 0.3) is 0 Å². The first-order valence-corrected chi connectivity index (χ1v) is 3.52. The molecule has 0 aliphatic carbocycles. The van der Waals surface area contributed by atoms with Gasteiger partial charge in [-0.1, -0.05) is 12.7 Å². The zero-order chi connectivity index (χ0) is 10.4. The zero-order valence-corrected chi connectivity index (χ0v) is 6.97. The normalized spacial score (nSPS) is 14.3. The van der Waals surface area contributed by atoms with Crippen LogP contribution in [0.4, 0.5) is 0 Å². The maximum absolute atomic E-state index is 10.9. The molecule has 0 aliphatic heterocycles. The lowest BCUT2D eigenvalue weighted by atomic mass is 10.1. The molecular formula is C7H12N2O4. The van der Waals surface area contributed by atoms with E-state index in [0.29, 0.717) is 0 Å². The van der Waals surface area contributed by atoms with Gasteiger partial charge in [0.2, 0.25) is 0 Å². The molecule has 6 heteroatoms. The topological polar surface area (TPSA) is 116 Å². The highest BCUT2D eigenvalue weighted by atomic mass is 16.5. The van der Waals surface area contributed by atoms with Gasteiger partial charge < -0.3 is 21.3 Å². The van der Waals surface area contributed by atoms with Crippen molar-refractivity contribution in [1.82, 2.24) is 0 Å². The maximum Gasteiger partial charge on any atom is 0.325 e. The first-order chi connectivity index (χ1) is 6.00. The second-order valence-corrected chi connectivity index (χ2v) is 2.31. The Hall–Kier alpha value is -1.40. The molecule has 0 saturated carbocycles. The number of ether oxygens (including phenoxy) is 1. The summed E-state index contributed by atoms with van der Waals surface area (Å²) in [4.78, 5) is 21.2. The van der Waals surface area contributed by atoms with E-state index in [0.717, 1.165) is 0 Å². The molecule has 0 aliphatic rings. The lowest BCUT2D eigenvalue weighted by Crippen LogP contribution is -2.52. The Morgan fingerprint density at radius 1 is 1.46 bits per heavy atom. The van der Waals surface area contributed by atoms with Crippen LogP contribution in [0.2, 0.25) is 0 Å². The zero-order valence-electron chi connectivity index (χ0n) is 6.97. The van der Waals surface area contributed by atoms with Gasteiger partial charge >= 0.3 is 11.9 Å². The highest BCUT2D eigenvalue weighted by Crippen LogP contribution is 1.91. The van der Waals surface area contributed by atoms with E-state index >= 15 is 0 Å². The van der Waals surface area contributed by atoms with Crippen molar-refractivity contribution >= 4 is 11.9 Å². The number of carboxylic acids is 1. The summed E-state index contributed by atoms with van der Waals surface area (Å²) >= 11 is 0. The van der Waals surface area contributed by atoms with Gasteiger partial charge in [-0.2, -0.15) is 0 Å². The van der Waals surface area contributed by atoms with Crippen LogP contribution in [0.3, 0.4) is 0 Å². The molecule has 0 heterocycles. The summed E-state index contributed by atoms with van der Waals surface area (Å²) in [5, 5.41) is 8.39. The number of aliphatic carboxylic acids is 1. The number of hydrogen-bond donors (Lipinski definition) is 3. The Labute approximate surface area is 75.1 Å². The predicted octanol–water partition coefficient (Wildman–Crippen LogP) is -1.55. The fraction of sp³-hybridized carbons (Fsp3) is 0.429. The van der Waals surface area contributed by atoms with Crippen LogP contribution in [0.5, 0.6) is 0 Å². The molecule has 0 radical (unpaired) electrons. The van der Waals surface area contributed by atoms with E-state index in [1.807, 2.05) is 0 Å². The molecule has 0 rings (SSSR count). The van der Waals surface area contributed by atoms with E-state index in [9.17, 15) is 9.59 Å². The number of hydrogen-bond acceptors (Lipinski definition) is 5. The standard InChI is InChI=1S/C7H12N2O4/c1-2-3-13-7(12)5(9)4(8)6(10)11/h2,4-5H,1,3,8-9H2,(H,10,11). The summed E-state index contributed by atoms with van der Waals surface area (Å²) in [7, 11) is 0. The van der Waals surface area contributed by atoms with Gasteiger partial charge in [0, 0.05) is 0 Å². The molecule has 0 bridgehead atoms. The van der Waals surface area contributed by atoms with Crippen LogP contribution in [0.25, 0.3) is 0 Å². The van der Waals surface area contributed by atoms with E-state index in [4.69, 9.17) is 16.6 Å². The SMILES string of the molecule is C=CCOC(=O)C(N)C(N)C(=O)O. The molecule has 2 atom stereocenters. The molecule has 0 aromatic rings. The van der Waals surface area contributed by atoms with Crippen molar-refractivity contribution in [2.45, 2.75) is 12.1 Å². The molecule has 5 N–H and O–H groups in total. The number of esters is 1. The molecule has 0 fully saturated rings. The molecule has 74 valence electrons. The minimum atomic E-state index is -1.45. The summed E-state index contributed by atoms with van der Waals surface area (Å²) in [6.45, 7) is 3.29. The van der Waals surface area contributed by atoms with Gasteiger partial charge in [0.05, 0.1) is 0 Å². The molecule has 0 aromatic carbocycles. The number of carbonyl (C=O) groups is 2. The minimum absolute atomic E-state index is 0.0150. The summed E-state index contributed by atoms with van der Waals surface area (Å²) in [5.74, 6) is -2.20. The lowest BCUT2D eigenvalue weighted by molar-refractivity contribution is -0.149. The smallest absolute Gasteiger partial charge is 0.325 e. The Morgan fingerprint density at radius 2 is 2.00 bits per heavy atom. The molecule has 0 spiro atoms. The summed E-state index contributed by atoms with van der Waals surface area (Å²) in [6, 6.07) is -2.80. The Bertz CT molecular complexity index is 217. The summed E-state index contributed by atoms with van der Waals surface area (Å²) in [5.41, 5.74) is 10.3. The number of nitrogens with two attached hydrogens (primary N) is 2. The van der Waals surface area contributed by atoms with E-state index < -0.39 is 24.0 Å². The molecule has 0 saturated heterocycles. The average molecular weight is 188 g/mol. The Morgan fingerprint density at radius 3 is 2.38 bits per heavy atom. The van der Waals surface area contributed by atoms with Crippen LogP contribution in [0, 0.1) is 0 Å². The van der Waals surface area contributed by atoms with Crippen LogP contribution in [0.1, 0.15) is 0 Å². The van der Waals surface area contributed by atoms with Gasteiger partial charge in [0.1, 0.15) is 18.7 Å². The maximum atomic E-state index is 10.9. The highest BCUT2D eigenvalue weighted by molar-refractivity contribution is 5.85. The quantitative estimate of drug-likeness (QED) is 0.355. The number of carboxylic acid groups (broad SMARTS) is 1. The van der Waals surface area contributed by atoms with Crippen molar-refractivity contribution < 1.29 is 19.4 Å². The van der Waals surface area contributed by atoms with E-state index in [2.05, 4.69) is 11.3 Å². The molecule has 6 nitrogen and oxygen atoms in total. The van der Waals surface area contributed by atoms with Gasteiger partial charge in [-0.3, -0.25) is 9.59 Å². The largest absolute Gasteiger partial charge is 0.480 e. The summed E-state index contributed by atoms with van der Waals surface area (Å²) < 4.78 is 4.50. The summed E-state index contributed by atoms with van der Waals surface area (Å²) in [6.07, 6.45) is 1.34. The van der Waals surface area contributed by atoms with Crippen molar-refractivity contribution in [3.05, 3.63) is 12.7 Å². The Kier molecular flexibility index (Phi) is 4.71. The van der Waals surface area contributed by atoms with Gasteiger partial charge in [-0.25, -0.2) is 0 Å². The third kappa shape index (κ3) is 3.68. The Balaban J connectivity index is 4.08. The van der Waals surface area contributed by atoms with Gasteiger partial charge in [-0.05, 0) is 0 Å². The van der Waals surface area contributed by atoms with Gasteiger partial charge in [-0.15, -0.1) is 0 Å². The molecular weight excluding hydrogens is 176 g/mol. The van der Waals surface area contributed by atoms with E-state index in [1.165, 1.54) is 6.08 Å². The second kappa shape index (κ2) is 5.28. The number of rotatable bonds is 5. The second-order valence-electron chi connectivity index (χ2n) is 2.31. The average Bonchev–Trinajstić information content (AvgIpc) is 2.11. The van der Waals surface area contributed by atoms with Crippen molar-refractivity contribution in [2.24, 2.45) is 11.5 Å². The molecule has 0 amide bonds. The fourth-order valence-corrected chi connectivity index (χ4v) is 0.537. The van der Waals surface area contributed by atoms with Crippen LogP contribution >= 0.6 is 0 Å². The molecule has 2 unspecified atom stereocenters.